The Bertz CT molecular complexity index is 1210. The van der Waals surface area contributed by atoms with Crippen molar-refractivity contribution in [2.75, 3.05) is 5.32 Å². The third-order valence-electron chi connectivity index (χ3n) is 4.78. The van der Waals surface area contributed by atoms with Crippen LogP contribution in [0.5, 0.6) is 0 Å². The number of amides is 1. The topological polar surface area (TPSA) is 72.7 Å². The molecule has 4 rings (SSSR count). The Kier molecular flexibility index (Phi) is 5.29. The first-order chi connectivity index (χ1) is 14.3. The van der Waals surface area contributed by atoms with E-state index >= 15 is 0 Å². The summed E-state index contributed by atoms with van der Waals surface area (Å²) in [4.78, 5) is 22.4. The summed E-state index contributed by atoms with van der Waals surface area (Å²) in [5, 5.41) is 7.83. The lowest BCUT2D eigenvalue weighted by atomic mass is 10.1. The number of carbonyl (C=O) groups excluding carboxylic acids is 1. The van der Waals surface area contributed by atoms with Crippen molar-refractivity contribution in [3.8, 4) is 11.3 Å². The molecule has 0 spiro atoms. The number of carbonyl (C=O) groups is 1. The minimum Gasteiger partial charge on any atom is -0.300 e. The van der Waals surface area contributed by atoms with Crippen molar-refractivity contribution < 1.29 is 13.6 Å². The highest BCUT2D eigenvalue weighted by Crippen LogP contribution is 2.33. The molecular formula is C21H19F2N5OS. The number of anilines is 1. The molecule has 0 fully saturated rings. The van der Waals surface area contributed by atoms with Crippen LogP contribution in [-0.4, -0.2) is 25.7 Å². The van der Waals surface area contributed by atoms with Crippen molar-refractivity contribution in [2.45, 2.75) is 33.7 Å². The molecule has 0 aliphatic rings. The lowest BCUT2D eigenvalue weighted by molar-refractivity contribution is -0.116. The maximum absolute atomic E-state index is 13.8. The van der Waals surface area contributed by atoms with Crippen LogP contribution in [0.15, 0.2) is 36.4 Å². The third kappa shape index (κ3) is 3.80. The smallest absolute Gasteiger partial charge is 0.264 e. The Morgan fingerprint density at radius 2 is 1.87 bits per heavy atom. The van der Waals surface area contributed by atoms with E-state index in [1.54, 1.807) is 19.1 Å². The second-order valence-corrected chi connectivity index (χ2v) is 8.12. The SMILES string of the molecule is Cc1nc(NC(=O)Cn2nc(C)c3c(C(F)F)cc(-c4ccccc4)nc32)sc1C. The van der Waals surface area contributed by atoms with E-state index in [0.29, 0.717) is 22.1 Å². The molecule has 1 N–H and O–H groups in total. The molecule has 0 aliphatic carbocycles. The molecule has 0 bridgehead atoms. The third-order valence-corrected chi connectivity index (χ3v) is 5.77. The maximum atomic E-state index is 13.8. The Hall–Kier alpha value is -3.20. The van der Waals surface area contributed by atoms with E-state index in [1.165, 1.54) is 22.1 Å². The van der Waals surface area contributed by atoms with E-state index in [9.17, 15) is 13.6 Å². The van der Waals surface area contributed by atoms with Crippen molar-refractivity contribution >= 4 is 33.4 Å². The van der Waals surface area contributed by atoms with E-state index in [0.717, 1.165) is 10.6 Å². The Morgan fingerprint density at radius 1 is 1.13 bits per heavy atom. The van der Waals surface area contributed by atoms with Gasteiger partial charge in [-0.05, 0) is 26.8 Å². The summed E-state index contributed by atoms with van der Waals surface area (Å²) in [5.74, 6) is -0.348. The Morgan fingerprint density at radius 3 is 2.50 bits per heavy atom. The number of rotatable bonds is 5. The summed E-state index contributed by atoms with van der Waals surface area (Å²) < 4.78 is 29.0. The monoisotopic (exact) mass is 427 g/mol. The predicted octanol–water partition coefficient (Wildman–Crippen LogP) is 5.06. The molecule has 4 aromatic rings. The zero-order chi connectivity index (χ0) is 21.4. The fourth-order valence-corrected chi connectivity index (χ4v) is 4.08. The van der Waals surface area contributed by atoms with Gasteiger partial charge in [-0.1, -0.05) is 30.3 Å². The molecule has 6 nitrogen and oxygen atoms in total. The van der Waals surface area contributed by atoms with Crippen molar-refractivity contribution in [3.63, 3.8) is 0 Å². The molecule has 0 saturated carbocycles. The number of pyridine rings is 1. The van der Waals surface area contributed by atoms with E-state index in [2.05, 4.69) is 20.4 Å². The number of aryl methyl sites for hydroxylation is 3. The van der Waals surface area contributed by atoms with Crippen LogP contribution < -0.4 is 5.32 Å². The molecular weight excluding hydrogens is 408 g/mol. The van der Waals surface area contributed by atoms with E-state index in [4.69, 9.17) is 0 Å². The first-order valence-electron chi connectivity index (χ1n) is 9.29. The molecule has 0 saturated heterocycles. The highest BCUT2D eigenvalue weighted by molar-refractivity contribution is 7.15. The van der Waals surface area contributed by atoms with Crippen molar-refractivity contribution in [3.05, 3.63) is 58.2 Å². The van der Waals surface area contributed by atoms with E-state index in [1.807, 2.05) is 32.0 Å². The summed E-state index contributed by atoms with van der Waals surface area (Å²) in [6.07, 6.45) is -2.69. The predicted molar refractivity (Wildman–Crippen MR) is 113 cm³/mol. The van der Waals surface area contributed by atoms with Crippen LogP contribution in [0.2, 0.25) is 0 Å². The van der Waals surface area contributed by atoms with Crippen molar-refractivity contribution in [1.29, 1.82) is 0 Å². The van der Waals surface area contributed by atoms with Gasteiger partial charge in [-0.3, -0.25) is 4.79 Å². The van der Waals surface area contributed by atoms with Crippen LogP contribution in [-0.2, 0) is 11.3 Å². The molecule has 0 atom stereocenters. The molecule has 1 aromatic carbocycles. The molecule has 3 heterocycles. The minimum atomic E-state index is -2.69. The standard InChI is InChI=1S/C21H19F2N5OS/c1-11-13(3)30-21(24-11)26-17(29)10-28-20-18(12(2)27-28)15(19(22)23)9-16(25-20)14-7-5-4-6-8-14/h4-9,19H,10H2,1-3H3,(H,24,26,29). The van der Waals surface area contributed by atoms with Crippen molar-refractivity contribution in [1.82, 2.24) is 19.7 Å². The zero-order valence-electron chi connectivity index (χ0n) is 16.6. The number of halogens is 2. The fourth-order valence-electron chi connectivity index (χ4n) is 3.25. The number of hydrogen-bond acceptors (Lipinski definition) is 5. The number of aromatic nitrogens is 4. The number of nitrogens with zero attached hydrogens (tertiary/aromatic N) is 4. The molecule has 0 aliphatic heterocycles. The quantitative estimate of drug-likeness (QED) is 0.483. The number of fused-ring (bicyclic) bond motifs is 1. The summed E-state index contributed by atoms with van der Waals surface area (Å²) in [5.41, 5.74) is 2.49. The highest BCUT2D eigenvalue weighted by Gasteiger charge is 2.22. The van der Waals surface area contributed by atoms with Crippen LogP contribution in [0.1, 0.15) is 28.3 Å². The normalized spacial score (nSPS) is 11.4. The average molecular weight is 427 g/mol. The van der Waals surface area contributed by atoms with Gasteiger partial charge >= 0.3 is 0 Å². The number of thiazole rings is 1. The second kappa shape index (κ2) is 7.91. The molecule has 1 amide bonds. The second-order valence-electron chi connectivity index (χ2n) is 6.91. The Labute approximate surface area is 175 Å². The molecule has 154 valence electrons. The van der Waals surface area contributed by atoms with Gasteiger partial charge in [0.1, 0.15) is 6.54 Å². The summed E-state index contributed by atoms with van der Waals surface area (Å²) in [6, 6.07) is 10.5. The van der Waals surface area contributed by atoms with Gasteiger partial charge in [0.05, 0.1) is 22.5 Å². The molecule has 0 unspecified atom stereocenters. The van der Waals surface area contributed by atoms with Gasteiger partial charge in [0.2, 0.25) is 5.91 Å². The zero-order valence-corrected chi connectivity index (χ0v) is 17.4. The van der Waals surface area contributed by atoms with Crippen LogP contribution in [0, 0.1) is 20.8 Å². The lowest BCUT2D eigenvalue weighted by Gasteiger charge is -2.09. The van der Waals surface area contributed by atoms with Gasteiger partial charge < -0.3 is 5.32 Å². The van der Waals surface area contributed by atoms with Crippen molar-refractivity contribution in [2.24, 2.45) is 0 Å². The summed E-state index contributed by atoms with van der Waals surface area (Å²) in [7, 11) is 0. The number of benzene rings is 1. The van der Waals surface area contributed by atoms with Crippen LogP contribution >= 0.6 is 11.3 Å². The minimum absolute atomic E-state index is 0.144. The first-order valence-corrected chi connectivity index (χ1v) is 10.1. The first kappa shape index (κ1) is 20.1. The highest BCUT2D eigenvalue weighted by atomic mass is 32.1. The van der Waals surface area contributed by atoms with Crippen LogP contribution in [0.4, 0.5) is 13.9 Å². The van der Waals surface area contributed by atoms with Gasteiger partial charge in [-0.2, -0.15) is 5.10 Å². The average Bonchev–Trinajstić information content (AvgIpc) is 3.19. The molecule has 9 heteroatoms. The fraction of sp³-hybridized carbons (Fsp3) is 0.238. The van der Waals surface area contributed by atoms with Crippen LogP contribution in [0.25, 0.3) is 22.3 Å². The van der Waals surface area contributed by atoms with Gasteiger partial charge in [0, 0.05) is 16.0 Å². The number of hydrogen-bond donors (Lipinski definition) is 1. The van der Waals surface area contributed by atoms with Crippen LogP contribution in [0.3, 0.4) is 0 Å². The number of alkyl halides is 2. The van der Waals surface area contributed by atoms with E-state index in [-0.39, 0.29) is 29.0 Å². The lowest BCUT2D eigenvalue weighted by Crippen LogP contribution is -2.19. The van der Waals surface area contributed by atoms with Gasteiger partial charge in [-0.25, -0.2) is 23.4 Å². The summed E-state index contributed by atoms with van der Waals surface area (Å²) in [6.45, 7) is 5.27. The van der Waals surface area contributed by atoms with Gasteiger partial charge in [0.25, 0.3) is 6.43 Å². The largest absolute Gasteiger partial charge is 0.300 e. The van der Waals surface area contributed by atoms with E-state index < -0.39 is 6.43 Å². The molecule has 3 aromatic heterocycles. The van der Waals surface area contributed by atoms with Gasteiger partial charge in [0.15, 0.2) is 10.8 Å². The maximum Gasteiger partial charge on any atom is 0.264 e. The molecule has 0 radical (unpaired) electrons. The van der Waals surface area contributed by atoms with Gasteiger partial charge in [-0.15, -0.1) is 11.3 Å². The summed E-state index contributed by atoms with van der Waals surface area (Å²) >= 11 is 1.38. The molecule has 30 heavy (non-hydrogen) atoms. The number of nitrogens with one attached hydrogen (secondary N) is 1. The Balaban J connectivity index is 1.74.